The summed E-state index contributed by atoms with van der Waals surface area (Å²) in [7, 11) is 0. The lowest BCUT2D eigenvalue weighted by molar-refractivity contribution is -0.116. The van der Waals surface area contributed by atoms with Crippen molar-refractivity contribution in [3.63, 3.8) is 0 Å². The van der Waals surface area contributed by atoms with Crippen LogP contribution in [0.2, 0.25) is 0 Å². The minimum Gasteiger partial charge on any atom is -0.300 e. The Labute approximate surface area is 136 Å². The lowest BCUT2D eigenvalue weighted by Crippen LogP contribution is -2.19. The maximum Gasteiger partial charge on any atom is 0.247 e. The fourth-order valence-electron chi connectivity index (χ4n) is 2.53. The number of nitrogens with one attached hydrogen (secondary N) is 1. The van der Waals surface area contributed by atoms with Crippen LogP contribution in [0.1, 0.15) is 5.56 Å². The highest BCUT2D eigenvalue weighted by Gasteiger charge is 2.10. The molecular formula is C17H14N4OS. The zero-order valence-electron chi connectivity index (χ0n) is 12.5. The molecule has 2 heterocycles. The molecule has 0 saturated heterocycles. The number of nitrogens with zero attached hydrogens (tertiary/aromatic N) is 3. The van der Waals surface area contributed by atoms with E-state index in [4.69, 9.17) is 0 Å². The smallest absolute Gasteiger partial charge is 0.247 e. The molecule has 0 unspecified atom stereocenters. The molecule has 1 amide bonds. The van der Waals surface area contributed by atoms with Gasteiger partial charge in [0.05, 0.1) is 21.9 Å². The van der Waals surface area contributed by atoms with Crippen molar-refractivity contribution in [3.05, 3.63) is 54.2 Å². The minimum absolute atomic E-state index is 0.130. The number of thiazole rings is 1. The minimum atomic E-state index is -0.130. The standard InChI is InChI=1S/C17H14N4OS/c1-11-6-7-13-15(8-11)23-17(19-13)20-16(22)10-21-14-5-3-2-4-12(14)9-18-21/h2-9H,10H2,1H3,(H,19,20,22). The van der Waals surface area contributed by atoms with Gasteiger partial charge in [-0.05, 0) is 30.7 Å². The van der Waals surface area contributed by atoms with Crippen LogP contribution in [0.3, 0.4) is 0 Å². The Hall–Kier alpha value is -2.73. The van der Waals surface area contributed by atoms with Crippen LogP contribution in [0.15, 0.2) is 48.7 Å². The van der Waals surface area contributed by atoms with Gasteiger partial charge in [0.15, 0.2) is 5.13 Å². The molecule has 2 aromatic heterocycles. The van der Waals surface area contributed by atoms with Crippen LogP contribution >= 0.6 is 11.3 Å². The summed E-state index contributed by atoms with van der Waals surface area (Å²) < 4.78 is 2.77. The summed E-state index contributed by atoms with van der Waals surface area (Å²) in [5.74, 6) is -0.130. The third-order valence-corrected chi connectivity index (χ3v) is 4.57. The maximum absolute atomic E-state index is 12.3. The van der Waals surface area contributed by atoms with Gasteiger partial charge >= 0.3 is 0 Å². The van der Waals surface area contributed by atoms with Gasteiger partial charge in [-0.15, -0.1) is 0 Å². The highest BCUT2D eigenvalue weighted by atomic mass is 32.1. The molecule has 4 rings (SSSR count). The number of hydrogen-bond acceptors (Lipinski definition) is 4. The molecular weight excluding hydrogens is 308 g/mol. The first-order valence-electron chi connectivity index (χ1n) is 7.27. The molecule has 0 atom stereocenters. The highest BCUT2D eigenvalue weighted by Crippen LogP contribution is 2.26. The van der Waals surface area contributed by atoms with Gasteiger partial charge in [0.25, 0.3) is 0 Å². The van der Waals surface area contributed by atoms with E-state index in [1.807, 2.05) is 43.3 Å². The number of fused-ring (bicyclic) bond motifs is 2. The molecule has 0 aliphatic carbocycles. The van der Waals surface area contributed by atoms with Crippen LogP contribution in [0, 0.1) is 6.92 Å². The van der Waals surface area contributed by atoms with Crippen LogP contribution in [-0.2, 0) is 11.3 Å². The Morgan fingerprint density at radius 3 is 3.04 bits per heavy atom. The van der Waals surface area contributed by atoms with E-state index < -0.39 is 0 Å². The average Bonchev–Trinajstić information content (AvgIpc) is 3.11. The Bertz CT molecular complexity index is 1020. The second-order valence-corrected chi connectivity index (χ2v) is 6.43. The molecule has 0 spiro atoms. The van der Waals surface area contributed by atoms with E-state index in [2.05, 4.69) is 21.5 Å². The predicted molar refractivity (Wildman–Crippen MR) is 92.7 cm³/mol. The molecule has 6 heteroatoms. The molecule has 0 radical (unpaired) electrons. The number of carbonyl (C=O) groups is 1. The molecule has 5 nitrogen and oxygen atoms in total. The third-order valence-electron chi connectivity index (χ3n) is 3.63. The number of rotatable bonds is 3. The Morgan fingerprint density at radius 2 is 2.13 bits per heavy atom. The fraction of sp³-hybridized carbons (Fsp3) is 0.118. The van der Waals surface area contributed by atoms with Gasteiger partial charge in [0.2, 0.25) is 5.91 Å². The Balaban J connectivity index is 1.54. The van der Waals surface area contributed by atoms with E-state index in [1.54, 1.807) is 10.9 Å². The zero-order valence-corrected chi connectivity index (χ0v) is 13.3. The normalized spacial score (nSPS) is 11.2. The molecule has 1 N–H and O–H groups in total. The largest absolute Gasteiger partial charge is 0.300 e. The first-order chi connectivity index (χ1) is 11.2. The van der Waals surface area contributed by atoms with Crippen molar-refractivity contribution in [2.75, 3.05) is 5.32 Å². The monoisotopic (exact) mass is 322 g/mol. The van der Waals surface area contributed by atoms with Gasteiger partial charge in [-0.25, -0.2) is 4.98 Å². The molecule has 0 aliphatic rings. The number of hydrogen-bond donors (Lipinski definition) is 1. The number of carbonyl (C=O) groups excluding carboxylic acids is 1. The quantitative estimate of drug-likeness (QED) is 0.627. The van der Waals surface area contributed by atoms with Crippen LogP contribution < -0.4 is 5.32 Å². The summed E-state index contributed by atoms with van der Waals surface area (Å²) in [4.78, 5) is 16.7. The van der Waals surface area contributed by atoms with Gasteiger partial charge in [-0.3, -0.25) is 9.48 Å². The molecule has 23 heavy (non-hydrogen) atoms. The number of aryl methyl sites for hydroxylation is 1. The molecule has 114 valence electrons. The van der Waals surface area contributed by atoms with E-state index in [0.29, 0.717) is 5.13 Å². The molecule has 0 aliphatic heterocycles. The first-order valence-corrected chi connectivity index (χ1v) is 8.08. The fourth-order valence-corrected chi connectivity index (χ4v) is 3.51. The maximum atomic E-state index is 12.3. The summed E-state index contributed by atoms with van der Waals surface area (Å²) in [6.45, 7) is 2.21. The van der Waals surface area contributed by atoms with E-state index >= 15 is 0 Å². The Kier molecular flexibility index (Phi) is 3.31. The van der Waals surface area contributed by atoms with Crippen LogP contribution in [0.25, 0.3) is 21.1 Å². The number of aromatic nitrogens is 3. The summed E-state index contributed by atoms with van der Waals surface area (Å²) in [5, 5.41) is 8.77. The van der Waals surface area contributed by atoms with Crippen LogP contribution in [0.4, 0.5) is 5.13 Å². The van der Waals surface area contributed by atoms with E-state index in [-0.39, 0.29) is 12.5 Å². The lowest BCUT2D eigenvalue weighted by atomic mass is 10.2. The number of para-hydroxylation sites is 1. The second kappa shape index (κ2) is 5.48. The van der Waals surface area contributed by atoms with Gasteiger partial charge in [-0.1, -0.05) is 35.6 Å². The summed E-state index contributed by atoms with van der Waals surface area (Å²) in [6.07, 6.45) is 1.77. The van der Waals surface area contributed by atoms with Crippen molar-refractivity contribution in [3.8, 4) is 0 Å². The third kappa shape index (κ3) is 2.68. The van der Waals surface area contributed by atoms with Gasteiger partial charge in [0.1, 0.15) is 6.54 Å². The average molecular weight is 322 g/mol. The lowest BCUT2D eigenvalue weighted by Gasteiger charge is -2.03. The molecule has 0 bridgehead atoms. The molecule has 2 aromatic carbocycles. The molecule has 0 fully saturated rings. The summed E-state index contributed by atoms with van der Waals surface area (Å²) in [5.41, 5.74) is 3.03. The summed E-state index contributed by atoms with van der Waals surface area (Å²) >= 11 is 1.48. The van der Waals surface area contributed by atoms with Gasteiger partial charge in [-0.2, -0.15) is 5.10 Å². The highest BCUT2D eigenvalue weighted by molar-refractivity contribution is 7.22. The molecule has 0 saturated carbocycles. The predicted octanol–water partition coefficient (Wildman–Crippen LogP) is 3.59. The van der Waals surface area contributed by atoms with E-state index in [9.17, 15) is 4.79 Å². The first kappa shape index (κ1) is 13.9. The van der Waals surface area contributed by atoms with Crippen LogP contribution in [0.5, 0.6) is 0 Å². The van der Waals surface area contributed by atoms with Crippen LogP contribution in [-0.4, -0.2) is 20.7 Å². The number of anilines is 1. The number of amides is 1. The van der Waals surface area contributed by atoms with E-state index in [0.717, 1.165) is 21.1 Å². The summed E-state index contributed by atoms with van der Waals surface area (Å²) in [6, 6.07) is 13.9. The second-order valence-electron chi connectivity index (χ2n) is 5.40. The van der Waals surface area contributed by atoms with Crippen molar-refractivity contribution >= 4 is 43.5 Å². The van der Waals surface area contributed by atoms with Crippen molar-refractivity contribution < 1.29 is 4.79 Å². The van der Waals surface area contributed by atoms with Crippen molar-refractivity contribution in [2.45, 2.75) is 13.5 Å². The van der Waals surface area contributed by atoms with Gasteiger partial charge < -0.3 is 5.32 Å². The molecule has 4 aromatic rings. The topological polar surface area (TPSA) is 59.8 Å². The Morgan fingerprint density at radius 1 is 1.26 bits per heavy atom. The SMILES string of the molecule is Cc1ccc2nc(NC(=O)Cn3ncc4ccccc43)sc2c1. The van der Waals surface area contributed by atoms with Crippen molar-refractivity contribution in [2.24, 2.45) is 0 Å². The van der Waals surface area contributed by atoms with Crippen molar-refractivity contribution in [1.29, 1.82) is 0 Å². The zero-order chi connectivity index (χ0) is 15.8. The van der Waals surface area contributed by atoms with Gasteiger partial charge in [0, 0.05) is 5.39 Å². The van der Waals surface area contributed by atoms with Crippen molar-refractivity contribution in [1.82, 2.24) is 14.8 Å². The number of benzene rings is 2. The van der Waals surface area contributed by atoms with E-state index in [1.165, 1.54) is 16.9 Å².